The molecule has 0 unspecified atom stereocenters. The van der Waals surface area contributed by atoms with Gasteiger partial charge in [0.2, 0.25) is 5.69 Å². The van der Waals surface area contributed by atoms with Crippen LogP contribution in [0.4, 0.5) is 0 Å². The number of nitrogens with one attached hydrogen (secondary N) is 1. The number of carboxylic acids is 1. The summed E-state index contributed by atoms with van der Waals surface area (Å²) in [5, 5.41) is 20.3. The first-order valence-electron chi connectivity index (χ1n) is 6.27. The number of rotatable bonds is 4. The summed E-state index contributed by atoms with van der Waals surface area (Å²) < 4.78 is 29.6. The predicted octanol–water partition coefficient (Wildman–Crippen LogP) is 1.15. The molecule has 0 radical (unpaired) electrons. The van der Waals surface area contributed by atoms with Crippen LogP contribution in [0.1, 0.15) is 16.1 Å². The molecule has 2 N–H and O–H groups in total. The quantitative estimate of drug-likeness (QED) is 0.773. The third kappa shape index (κ3) is 4.23. The molecular formula is C13H11ClN4O5S. The summed E-state index contributed by atoms with van der Waals surface area (Å²) in [5.74, 6) is 1.09. The van der Waals surface area contributed by atoms with Crippen molar-refractivity contribution >= 4 is 27.6 Å². The molecule has 0 amide bonds. The minimum Gasteiger partial charge on any atom is -0.476 e. The maximum absolute atomic E-state index is 11.7. The van der Waals surface area contributed by atoms with Crippen molar-refractivity contribution in [3.05, 3.63) is 34.5 Å². The van der Waals surface area contributed by atoms with E-state index in [-0.39, 0.29) is 22.2 Å². The molecule has 0 aliphatic carbocycles. The Bertz CT molecular complexity index is 943. The Balaban J connectivity index is 2.35. The SMILES string of the molecule is CN(C)S(=O)(=O)C#Cc1cc(Cl)cc(Oc2[nH]nnc2C(=O)O)c1. The lowest BCUT2D eigenvalue weighted by Crippen LogP contribution is -2.19. The van der Waals surface area contributed by atoms with Gasteiger partial charge in [0.1, 0.15) is 5.75 Å². The fourth-order valence-electron chi connectivity index (χ4n) is 1.46. The number of carboxylic acid groups (broad SMARTS) is 1. The monoisotopic (exact) mass is 370 g/mol. The molecule has 1 heterocycles. The van der Waals surface area contributed by atoms with Crippen LogP contribution in [-0.4, -0.2) is 53.3 Å². The van der Waals surface area contributed by atoms with E-state index in [0.717, 1.165) is 4.31 Å². The van der Waals surface area contributed by atoms with Gasteiger partial charge in [0.15, 0.2) is 0 Å². The highest BCUT2D eigenvalue weighted by Gasteiger charge is 2.17. The summed E-state index contributed by atoms with van der Waals surface area (Å²) in [7, 11) is -0.993. The van der Waals surface area contributed by atoms with Gasteiger partial charge in [-0.1, -0.05) is 16.8 Å². The van der Waals surface area contributed by atoms with E-state index in [1.54, 1.807) is 0 Å². The highest BCUT2D eigenvalue weighted by Crippen LogP contribution is 2.26. The van der Waals surface area contributed by atoms with Crippen LogP contribution in [0, 0.1) is 11.2 Å². The molecule has 0 spiro atoms. The molecule has 0 saturated carbocycles. The van der Waals surface area contributed by atoms with E-state index in [4.69, 9.17) is 21.4 Å². The topological polar surface area (TPSA) is 125 Å². The van der Waals surface area contributed by atoms with Crippen molar-refractivity contribution in [2.24, 2.45) is 0 Å². The number of benzene rings is 1. The summed E-state index contributed by atoms with van der Waals surface area (Å²) in [5.41, 5.74) is -0.134. The number of ether oxygens (including phenoxy) is 1. The van der Waals surface area contributed by atoms with E-state index < -0.39 is 21.7 Å². The second kappa shape index (κ2) is 6.88. The number of nitrogens with zero attached hydrogens (tertiary/aromatic N) is 3. The van der Waals surface area contributed by atoms with Gasteiger partial charge in [-0.15, -0.1) is 5.10 Å². The molecule has 2 rings (SSSR count). The van der Waals surface area contributed by atoms with Crippen LogP contribution >= 0.6 is 11.6 Å². The minimum atomic E-state index is -3.71. The van der Waals surface area contributed by atoms with Gasteiger partial charge in [-0.2, -0.15) is 12.7 Å². The average Bonchev–Trinajstić information content (AvgIpc) is 2.93. The first kappa shape index (κ1) is 17.7. The Morgan fingerprint density at radius 1 is 1.38 bits per heavy atom. The number of carbonyl (C=O) groups is 1. The molecule has 0 fully saturated rings. The summed E-state index contributed by atoms with van der Waals surface area (Å²) in [6, 6.07) is 4.24. The number of aromatic nitrogens is 3. The maximum Gasteiger partial charge on any atom is 0.362 e. The number of hydrogen-bond acceptors (Lipinski definition) is 6. The van der Waals surface area contributed by atoms with Crippen molar-refractivity contribution in [2.75, 3.05) is 14.1 Å². The Labute approximate surface area is 142 Å². The molecule has 1 aromatic carbocycles. The van der Waals surface area contributed by atoms with Crippen LogP contribution in [0.15, 0.2) is 18.2 Å². The average molecular weight is 371 g/mol. The van der Waals surface area contributed by atoms with Crippen LogP contribution < -0.4 is 4.74 Å². The summed E-state index contributed by atoms with van der Waals surface area (Å²) in [6.45, 7) is 0. The van der Waals surface area contributed by atoms with Crippen molar-refractivity contribution in [1.29, 1.82) is 0 Å². The number of H-pyrrole nitrogens is 1. The lowest BCUT2D eigenvalue weighted by atomic mass is 10.2. The van der Waals surface area contributed by atoms with E-state index >= 15 is 0 Å². The molecule has 0 saturated heterocycles. The molecule has 0 bridgehead atoms. The van der Waals surface area contributed by atoms with Crippen LogP contribution in [0.2, 0.25) is 5.02 Å². The zero-order valence-electron chi connectivity index (χ0n) is 12.4. The van der Waals surface area contributed by atoms with E-state index in [9.17, 15) is 13.2 Å². The molecular weight excluding hydrogens is 360 g/mol. The molecule has 1 aromatic heterocycles. The number of hydrogen-bond donors (Lipinski definition) is 2. The van der Waals surface area contributed by atoms with Gasteiger partial charge in [-0.25, -0.2) is 9.89 Å². The van der Waals surface area contributed by atoms with Crippen LogP contribution in [0.5, 0.6) is 11.6 Å². The Kier molecular flexibility index (Phi) is 5.08. The number of aromatic amines is 1. The smallest absolute Gasteiger partial charge is 0.362 e. The van der Waals surface area contributed by atoms with Crippen molar-refractivity contribution < 1.29 is 23.1 Å². The summed E-state index contributed by atoms with van der Waals surface area (Å²) in [6.07, 6.45) is 0. The molecule has 0 aliphatic rings. The zero-order chi connectivity index (χ0) is 17.9. The number of sulfonamides is 1. The van der Waals surface area contributed by atoms with E-state index in [1.807, 2.05) is 0 Å². The molecule has 0 atom stereocenters. The zero-order valence-corrected chi connectivity index (χ0v) is 14.0. The summed E-state index contributed by atoms with van der Waals surface area (Å²) in [4.78, 5) is 11.0. The fourth-order valence-corrected chi connectivity index (χ4v) is 2.11. The lowest BCUT2D eigenvalue weighted by molar-refractivity contribution is 0.0687. The number of aromatic carboxylic acids is 1. The molecule has 0 aliphatic heterocycles. The highest BCUT2D eigenvalue weighted by molar-refractivity contribution is 7.93. The largest absolute Gasteiger partial charge is 0.476 e. The van der Waals surface area contributed by atoms with Gasteiger partial charge in [0, 0.05) is 29.9 Å². The number of halogens is 1. The minimum absolute atomic E-state index is 0.141. The Morgan fingerprint density at radius 3 is 2.71 bits per heavy atom. The first-order chi connectivity index (χ1) is 11.2. The normalized spacial score (nSPS) is 11.0. The van der Waals surface area contributed by atoms with Gasteiger partial charge in [0.05, 0.1) is 0 Å². The van der Waals surface area contributed by atoms with Crippen LogP contribution in [-0.2, 0) is 10.0 Å². The fraction of sp³-hybridized carbons (Fsp3) is 0.154. The lowest BCUT2D eigenvalue weighted by Gasteiger charge is -2.05. The first-order valence-corrected chi connectivity index (χ1v) is 8.09. The Hall–Kier alpha value is -2.61. The molecule has 126 valence electrons. The van der Waals surface area contributed by atoms with Crippen molar-refractivity contribution in [2.45, 2.75) is 0 Å². The van der Waals surface area contributed by atoms with Gasteiger partial charge >= 0.3 is 5.97 Å². The van der Waals surface area contributed by atoms with Gasteiger partial charge in [0.25, 0.3) is 15.9 Å². The standard InChI is InChI=1S/C13H11ClN4O5S/c1-18(2)24(21,22)4-3-8-5-9(14)7-10(6-8)23-12-11(13(19)20)15-17-16-12/h5-7H,1-2H3,(H,19,20)(H,15,16,17). The maximum atomic E-state index is 11.7. The van der Waals surface area contributed by atoms with Crippen molar-refractivity contribution in [3.8, 4) is 22.8 Å². The van der Waals surface area contributed by atoms with E-state index in [2.05, 4.69) is 26.6 Å². The second-order valence-electron chi connectivity index (χ2n) is 4.59. The molecule has 11 heteroatoms. The van der Waals surface area contributed by atoms with Gasteiger partial charge < -0.3 is 9.84 Å². The molecule has 2 aromatic rings. The predicted molar refractivity (Wildman–Crippen MR) is 84.4 cm³/mol. The van der Waals surface area contributed by atoms with Crippen LogP contribution in [0.25, 0.3) is 0 Å². The van der Waals surface area contributed by atoms with E-state index in [1.165, 1.54) is 32.3 Å². The Morgan fingerprint density at radius 2 is 2.08 bits per heavy atom. The van der Waals surface area contributed by atoms with Crippen molar-refractivity contribution in [1.82, 2.24) is 19.7 Å². The van der Waals surface area contributed by atoms with Gasteiger partial charge in [-0.3, -0.25) is 0 Å². The second-order valence-corrected chi connectivity index (χ2v) is 6.91. The summed E-state index contributed by atoms with van der Waals surface area (Å²) >= 11 is 5.94. The molecule has 9 nitrogen and oxygen atoms in total. The third-order valence-electron chi connectivity index (χ3n) is 2.62. The third-order valence-corrected chi connectivity index (χ3v) is 4.16. The van der Waals surface area contributed by atoms with Gasteiger partial charge in [-0.05, 0) is 24.1 Å². The van der Waals surface area contributed by atoms with Crippen LogP contribution in [0.3, 0.4) is 0 Å². The van der Waals surface area contributed by atoms with Crippen molar-refractivity contribution in [3.63, 3.8) is 0 Å². The van der Waals surface area contributed by atoms with E-state index in [0.29, 0.717) is 0 Å². The highest BCUT2D eigenvalue weighted by atomic mass is 35.5. The molecule has 24 heavy (non-hydrogen) atoms.